The minimum absolute atomic E-state index is 0.165. The van der Waals surface area contributed by atoms with E-state index in [1.165, 1.54) is 7.11 Å². The zero-order chi connectivity index (χ0) is 22.1. The van der Waals surface area contributed by atoms with E-state index in [9.17, 15) is 25.2 Å². The van der Waals surface area contributed by atoms with Crippen LogP contribution >= 0.6 is 0 Å². The number of likely N-dealkylation sites (tertiary alicyclic amines) is 1. The molecule has 2 heterocycles. The number of aliphatic hydroxyl groups excluding tert-OH is 4. The maximum atomic E-state index is 11.0. The van der Waals surface area contributed by atoms with Gasteiger partial charge in [0.15, 0.2) is 6.29 Å². The van der Waals surface area contributed by atoms with Crippen LogP contribution in [0.15, 0.2) is 0 Å². The summed E-state index contributed by atoms with van der Waals surface area (Å²) < 4.78 is 16.0. The van der Waals surface area contributed by atoms with Crippen LogP contribution in [0.5, 0.6) is 0 Å². The number of hydrogen-bond acceptors (Lipinski definition) is 9. The Balaban J connectivity index is 1.61. The summed E-state index contributed by atoms with van der Waals surface area (Å²) in [6.07, 6.45) is 1.55. The molecule has 176 valence electrons. The number of rotatable bonds is 13. The normalized spacial score (nSPS) is 34.5. The molecule has 0 aliphatic carbocycles. The molecule has 0 spiro atoms. The van der Waals surface area contributed by atoms with Gasteiger partial charge in [-0.1, -0.05) is 32.6 Å². The van der Waals surface area contributed by atoms with Crippen LogP contribution in [0.3, 0.4) is 0 Å². The molecule has 0 bridgehead atoms. The van der Waals surface area contributed by atoms with Crippen molar-refractivity contribution >= 4 is 5.97 Å². The van der Waals surface area contributed by atoms with E-state index in [0.717, 1.165) is 38.5 Å². The van der Waals surface area contributed by atoms with Gasteiger partial charge >= 0.3 is 5.97 Å². The number of hydrogen-bond donors (Lipinski definition) is 4. The number of β-amino-alcohol motifs (C(OH)–C–C–N with tert-alkyl or cyclic N) is 1. The van der Waals surface area contributed by atoms with E-state index in [1.807, 2.05) is 11.8 Å². The monoisotopic (exact) mass is 433 g/mol. The van der Waals surface area contributed by atoms with Crippen molar-refractivity contribution < 1.29 is 39.4 Å². The molecule has 0 unspecified atom stereocenters. The molecule has 9 nitrogen and oxygen atoms in total. The van der Waals surface area contributed by atoms with Gasteiger partial charge in [0.2, 0.25) is 0 Å². The Labute approximate surface area is 178 Å². The first kappa shape index (κ1) is 25.5. The van der Waals surface area contributed by atoms with Crippen molar-refractivity contribution in [2.45, 2.75) is 101 Å². The van der Waals surface area contributed by atoms with E-state index in [4.69, 9.17) is 9.47 Å². The fraction of sp³-hybridized carbons (Fsp3) is 0.952. The smallest absolute Gasteiger partial charge is 0.305 e. The van der Waals surface area contributed by atoms with Crippen molar-refractivity contribution in [1.82, 2.24) is 4.90 Å². The Morgan fingerprint density at radius 1 is 1.00 bits per heavy atom. The minimum Gasteiger partial charge on any atom is -0.469 e. The van der Waals surface area contributed by atoms with Crippen molar-refractivity contribution in [3.63, 3.8) is 0 Å². The topological polar surface area (TPSA) is 129 Å². The maximum Gasteiger partial charge on any atom is 0.305 e. The molecule has 2 saturated heterocycles. The van der Waals surface area contributed by atoms with E-state index in [2.05, 4.69) is 4.74 Å². The molecule has 7 atom stereocenters. The van der Waals surface area contributed by atoms with Gasteiger partial charge in [0.1, 0.15) is 18.3 Å². The summed E-state index contributed by atoms with van der Waals surface area (Å²) >= 11 is 0. The summed E-state index contributed by atoms with van der Waals surface area (Å²) in [5.74, 6) is -0.165. The van der Waals surface area contributed by atoms with Gasteiger partial charge < -0.3 is 34.6 Å². The molecule has 2 aliphatic rings. The summed E-state index contributed by atoms with van der Waals surface area (Å²) in [6, 6.07) is -0.194. The Hall–Kier alpha value is -0.810. The molecular formula is C21H39NO8. The van der Waals surface area contributed by atoms with E-state index >= 15 is 0 Å². The minimum atomic E-state index is -1.12. The van der Waals surface area contributed by atoms with Gasteiger partial charge in [0.05, 0.1) is 19.3 Å². The van der Waals surface area contributed by atoms with Crippen LogP contribution in [0.2, 0.25) is 0 Å². The first-order valence-electron chi connectivity index (χ1n) is 11.2. The van der Waals surface area contributed by atoms with Gasteiger partial charge in [0.25, 0.3) is 0 Å². The van der Waals surface area contributed by atoms with Crippen molar-refractivity contribution in [3.8, 4) is 0 Å². The highest BCUT2D eigenvalue weighted by Crippen LogP contribution is 2.27. The molecule has 0 aromatic carbocycles. The second kappa shape index (κ2) is 12.9. The lowest BCUT2D eigenvalue weighted by Gasteiger charge is -2.28. The van der Waals surface area contributed by atoms with Crippen LogP contribution < -0.4 is 0 Å². The molecule has 0 saturated carbocycles. The summed E-state index contributed by atoms with van der Waals surface area (Å²) in [5.41, 5.74) is 0. The summed E-state index contributed by atoms with van der Waals surface area (Å²) in [6.45, 7) is 3.00. The second-order valence-corrected chi connectivity index (χ2v) is 8.33. The lowest BCUT2D eigenvalue weighted by molar-refractivity contribution is -0.168. The fourth-order valence-electron chi connectivity index (χ4n) is 4.28. The molecule has 2 fully saturated rings. The lowest BCUT2D eigenvalue weighted by atomic mass is 10.1. The number of unbranched alkanes of at least 4 members (excludes halogenated alkanes) is 5. The molecular weight excluding hydrogens is 394 g/mol. The van der Waals surface area contributed by atoms with Crippen molar-refractivity contribution in [2.75, 3.05) is 26.8 Å². The third kappa shape index (κ3) is 7.12. The van der Waals surface area contributed by atoms with Crippen molar-refractivity contribution in [1.29, 1.82) is 0 Å². The molecule has 2 aliphatic heterocycles. The third-order valence-electron chi connectivity index (χ3n) is 6.12. The average Bonchev–Trinajstić information content (AvgIpc) is 3.16. The number of methoxy groups -OCH3 is 1. The lowest BCUT2D eigenvalue weighted by Crippen LogP contribution is -2.43. The zero-order valence-electron chi connectivity index (χ0n) is 18.2. The van der Waals surface area contributed by atoms with Crippen LogP contribution in [0.4, 0.5) is 0 Å². The van der Waals surface area contributed by atoms with Crippen LogP contribution in [0.25, 0.3) is 0 Å². The highest BCUT2D eigenvalue weighted by molar-refractivity contribution is 5.68. The Morgan fingerprint density at radius 3 is 2.33 bits per heavy atom. The predicted octanol–water partition coefficient (Wildman–Crippen LogP) is 0.169. The zero-order valence-corrected chi connectivity index (χ0v) is 18.2. The second-order valence-electron chi connectivity index (χ2n) is 8.33. The highest BCUT2D eigenvalue weighted by atomic mass is 16.7. The number of carbonyl (C=O) groups is 1. The van der Waals surface area contributed by atoms with Crippen LogP contribution in [-0.4, -0.2) is 101 Å². The van der Waals surface area contributed by atoms with Gasteiger partial charge in [-0.2, -0.15) is 0 Å². The van der Waals surface area contributed by atoms with Gasteiger partial charge in [0, 0.05) is 32.2 Å². The van der Waals surface area contributed by atoms with Gasteiger partial charge in [-0.3, -0.25) is 9.69 Å². The number of carbonyl (C=O) groups excluding carboxylic acids is 1. The molecule has 0 aromatic rings. The van der Waals surface area contributed by atoms with E-state index < -0.39 is 36.8 Å². The highest BCUT2D eigenvalue weighted by Gasteiger charge is 2.47. The van der Waals surface area contributed by atoms with Gasteiger partial charge in [-0.05, 0) is 19.3 Å². The largest absolute Gasteiger partial charge is 0.469 e. The first-order valence-corrected chi connectivity index (χ1v) is 11.2. The molecule has 30 heavy (non-hydrogen) atoms. The standard InChI is InChI=1S/C21H39NO8/c1-3-14-18(25)15(23)12-22(14)13-16-19(26)20(27)21(30-16)29-11-9-7-5-4-6-8-10-17(24)28-2/h14-16,18-21,23,25-27H,3-13H2,1-2H3/t14-,15-,16-,18-,19-,20+,21+/m1/s1. The van der Waals surface area contributed by atoms with Crippen molar-refractivity contribution in [2.24, 2.45) is 0 Å². The summed E-state index contributed by atoms with van der Waals surface area (Å²) in [7, 11) is 1.40. The fourth-order valence-corrected chi connectivity index (χ4v) is 4.28. The number of ether oxygens (including phenoxy) is 3. The predicted molar refractivity (Wildman–Crippen MR) is 109 cm³/mol. The molecule has 9 heteroatoms. The van der Waals surface area contributed by atoms with Crippen LogP contribution in [0, 0.1) is 0 Å². The van der Waals surface area contributed by atoms with Gasteiger partial charge in [-0.25, -0.2) is 0 Å². The van der Waals surface area contributed by atoms with Crippen LogP contribution in [0.1, 0.15) is 58.3 Å². The molecule has 2 rings (SSSR count). The molecule has 4 N–H and O–H groups in total. The SMILES string of the molecule is CC[C@@H]1[C@@H](O)[C@H](O)CN1C[C@H]1O[C@H](OCCCCCCCCC(=O)OC)[C@@H](O)[C@@H]1O. The number of nitrogens with zero attached hydrogens (tertiary/aromatic N) is 1. The molecule has 0 amide bonds. The summed E-state index contributed by atoms with van der Waals surface area (Å²) in [5, 5.41) is 40.5. The number of aliphatic hydroxyl groups is 4. The Morgan fingerprint density at radius 2 is 1.67 bits per heavy atom. The quantitative estimate of drug-likeness (QED) is 0.237. The van der Waals surface area contributed by atoms with Crippen molar-refractivity contribution in [3.05, 3.63) is 0 Å². The maximum absolute atomic E-state index is 11.0. The average molecular weight is 434 g/mol. The van der Waals surface area contributed by atoms with E-state index in [-0.39, 0.29) is 12.0 Å². The summed E-state index contributed by atoms with van der Waals surface area (Å²) in [4.78, 5) is 12.9. The molecule has 0 radical (unpaired) electrons. The molecule has 0 aromatic heterocycles. The third-order valence-corrected chi connectivity index (χ3v) is 6.12. The van der Waals surface area contributed by atoms with E-state index in [1.54, 1.807) is 0 Å². The Kier molecular flexibility index (Phi) is 10.9. The number of esters is 1. The van der Waals surface area contributed by atoms with Crippen LogP contribution in [-0.2, 0) is 19.0 Å². The van der Waals surface area contributed by atoms with Gasteiger partial charge in [-0.15, -0.1) is 0 Å². The first-order chi connectivity index (χ1) is 14.4. The van der Waals surface area contributed by atoms with E-state index in [0.29, 0.717) is 32.5 Å². The Bertz CT molecular complexity index is 507.